The first-order valence-corrected chi connectivity index (χ1v) is 7.54. The fraction of sp³-hybridized carbons (Fsp3) is 0.294. The second kappa shape index (κ2) is 6.31. The minimum atomic E-state index is 0.838. The monoisotopic (exact) mass is 332 g/mol. The second-order valence-electron chi connectivity index (χ2n) is 5.27. The van der Waals surface area contributed by atoms with Crippen molar-refractivity contribution in [3.8, 4) is 0 Å². The average Bonchev–Trinajstić information content (AvgIpc) is 2.40. The molecule has 0 amide bonds. The molecular formula is C17H21BrN2. The molecule has 3 heteroatoms. The zero-order valence-corrected chi connectivity index (χ0v) is 14.1. The number of halogens is 1. The molecule has 2 nitrogen and oxygen atoms in total. The van der Waals surface area contributed by atoms with Gasteiger partial charge in [0, 0.05) is 25.1 Å². The molecule has 0 fully saturated rings. The van der Waals surface area contributed by atoms with Gasteiger partial charge in [0.05, 0.1) is 11.4 Å². The standard InChI is InChI=1S/C17H21BrN2/c1-12-6-5-7-14(13(12)2)11-19-16-10-15(18)8-9-17(16)20(3)4/h5-10,19H,11H2,1-4H3. The summed E-state index contributed by atoms with van der Waals surface area (Å²) >= 11 is 3.54. The van der Waals surface area contributed by atoms with Crippen molar-refractivity contribution in [3.63, 3.8) is 0 Å². The van der Waals surface area contributed by atoms with Crippen molar-refractivity contribution < 1.29 is 0 Å². The van der Waals surface area contributed by atoms with Crippen LogP contribution in [0.3, 0.4) is 0 Å². The summed E-state index contributed by atoms with van der Waals surface area (Å²) in [4.78, 5) is 2.12. The zero-order chi connectivity index (χ0) is 14.7. The molecule has 2 rings (SSSR count). The molecule has 0 atom stereocenters. The van der Waals surface area contributed by atoms with Gasteiger partial charge in [-0.05, 0) is 48.7 Å². The van der Waals surface area contributed by atoms with Crippen LogP contribution in [0.15, 0.2) is 40.9 Å². The molecular weight excluding hydrogens is 312 g/mol. The van der Waals surface area contributed by atoms with Crippen molar-refractivity contribution in [2.45, 2.75) is 20.4 Å². The molecule has 0 aliphatic carbocycles. The van der Waals surface area contributed by atoms with Crippen LogP contribution in [0.2, 0.25) is 0 Å². The maximum Gasteiger partial charge on any atom is 0.0597 e. The van der Waals surface area contributed by atoms with E-state index in [0.717, 1.165) is 16.7 Å². The highest BCUT2D eigenvalue weighted by atomic mass is 79.9. The second-order valence-corrected chi connectivity index (χ2v) is 6.18. The third-order valence-corrected chi connectivity index (χ3v) is 4.12. The first kappa shape index (κ1) is 14.9. The summed E-state index contributed by atoms with van der Waals surface area (Å²) in [6.45, 7) is 5.17. The number of anilines is 2. The molecule has 0 saturated heterocycles. The maximum absolute atomic E-state index is 3.55. The number of nitrogens with one attached hydrogen (secondary N) is 1. The molecule has 20 heavy (non-hydrogen) atoms. The third kappa shape index (κ3) is 3.34. The van der Waals surface area contributed by atoms with E-state index in [1.165, 1.54) is 22.4 Å². The molecule has 2 aromatic rings. The van der Waals surface area contributed by atoms with Gasteiger partial charge < -0.3 is 10.2 Å². The normalized spacial score (nSPS) is 10.4. The maximum atomic E-state index is 3.55. The van der Waals surface area contributed by atoms with E-state index >= 15 is 0 Å². The minimum absolute atomic E-state index is 0.838. The van der Waals surface area contributed by atoms with Gasteiger partial charge in [-0.2, -0.15) is 0 Å². The lowest BCUT2D eigenvalue weighted by atomic mass is 10.0. The Morgan fingerprint density at radius 2 is 1.85 bits per heavy atom. The van der Waals surface area contributed by atoms with Crippen LogP contribution in [0, 0.1) is 13.8 Å². The fourth-order valence-electron chi connectivity index (χ4n) is 2.23. The van der Waals surface area contributed by atoms with E-state index < -0.39 is 0 Å². The molecule has 0 spiro atoms. The van der Waals surface area contributed by atoms with Crippen LogP contribution in [-0.4, -0.2) is 14.1 Å². The smallest absolute Gasteiger partial charge is 0.0597 e. The van der Waals surface area contributed by atoms with E-state index in [9.17, 15) is 0 Å². The average molecular weight is 333 g/mol. The van der Waals surface area contributed by atoms with Crippen molar-refractivity contribution in [3.05, 3.63) is 57.6 Å². The molecule has 2 aromatic carbocycles. The third-order valence-electron chi connectivity index (χ3n) is 3.63. The van der Waals surface area contributed by atoms with Crippen LogP contribution < -0.4 is 10.2 Å². The molecule has 0 aromatic heterocycles. The minimum Gasteiger partial charge on any atom is -0.379 e. The Kier molecular flexibility index (Phi) is 4.71. The van der Waals surface area contributed by atoms with Crippen LogP contribution in [0.1, 0.15) is 16.7 Å². The van der Waals surface area contributed by atoms with Crippen LogP contribution in [-0.2, 0) is 6.54 Å². The highest BCUT2D eigenvalue weighted by molar-refractivity contribution is 9.10. The summed E-state index contributed by atoms with van der Waals surface area (Å²) < 4.78 is 1.09. The van der Waals surface area contributed by atoms with Crippen molar-refractivity contribution >= 4 is 27.3 Å². The summed E-state index contributed by atoms with van der Waals surface area (Å²) in [5, 5.41) is 3.55. The fourth-order valence-corrected chi connectivity index (χ4v) is 2.59. The van der Waals surface area contributed by atoms with Crippen LogP contribution in [0.25, 0.3) is 0 Å². The Hall–Kier alpha value is -1.48. The molecule has 0 aliphatic heterocycles. The number of aryl methyl sites for hydroxylation is 1. The van der Waals surface area contributed by atoms with E-state index in [2.05, 4.69) is 90.5 Å². The number of rotatable bonds is 4. The first-order chi connectivity index (χ1) is 9.49. The lowest BCUT2D eigenvalue weighted by Crippen LogP contribution is -2.12. The van der Waals surface area contributed by atoms with Gasteiger partial charge in [-0.25, -0.2) is 0 Å². The Morgan fingerprint density at radius 3 is 2.55 bits per heavy atom. The van der Waals surface area contributed by atoms with Crippen molar-refractivity contribution in [1.82, 2.24) is 0 Å². The van der Waals surface area contributed by atoms with Crippen molar-refractivity contribution in [2.75, 3.05) is 24.3 Å². The van der Waals surface area contributed by atoms with Crippen LogP contribution >= 0.6 is 15.9 Å². The van der Waals surface area contributed by atoms with E-state index in [1.54, 1.807) is 0 Å². The van der Waals surface area contributed by atoms with E-state index in [0.29, 0.717) is 0 Å². The predicted molar refractivity (Wildman–Crippen MR) is 91.7 cm³/mol. The number of hydrogen-bond acceptors (Lipinski definition) is 2. The predicted octanol–water partition coefficient (Wildman–Crippen LogP) is 4.74. The lowest BCUT2D eigenvalue weighted by Gasteiger charge is -2.19. The van der Waals surface area contributed by atoms with Gasteiger partial charge in [0.2, 0.25) is 0 Å². The largest absolute Gasteiger partial charge is 0.379 e. The quantitative estimate of drug-likeness (QED) is 0.869. The zero-order valence-electron chi connectivity index (χ0n) is 12.5. The Bertz CT molecular complexity index is 606. The van der Waals surface area contributed by atoms with E-state index in [-0.39, 0.29) is 0 Å². The van der Waals surface area contributed by atoms with E-state index in [4.69, 9.17) is 0 Å². The van der Waals surface area contributed by atoms with Gasteiger partial charge in [0.25, 0.3) is 0 Å². The van der Waals surface area contributed by atoms with E-state index in [1.807, 2.05) is 0 Å². The van der Waals surface area contributed by atoms with Crippen LogP contribution in [0.5, 0.6) is 0 Å². The molecule has 1 N–H and O–H groups in total. The SMILES string of the molecule is Cc1cccc(CNc2cc(Br)ccc2N(C)C)c1C. The van der Waals surface area contributed by atoms with Gasteiger partial charge in [-0.15, -0.1) is 0 Å². The van der Waals surface area contributed by atoms with Crippen LogP contribution in [0.4, 0.5) is 11.4 Å². The summed E-state index contributed by atoms with van der Waals surface area (Å²) in [7, 11) is 4.12. The Labute approximate surface area is 129 Å². The molecule has 0 saturated carbocycles. The molecule has 0 heterocycles. The molecule has 0 unspecified atom stereocenters. The number of hydrogen-bond donors (Lipinski definition) is 1. The highest BCUT2D eigenvalue weighted by Gasteiger charge is 2.06. The highest BCUT2D eigenvalue weighted by Crippen LogP contribution is 2.28. The van der Waals surface area contributed by atoms with Gasteiger partial charge in [0.15, 0.2) is 0 Å². The van der Waals surface area contributed by atoms with Gasteiger partial charge in [0.1, 0.15) is 0 Å². The topological polar surface area (TPSA) is 15.3 Å². The first-order valence-electron chi connectivity index (χ1n) is 6.75. The molecule has 0 bridgehead atoms. The number of nitrogens with zero attached hydrogens (tertiary/aromatic N) is 1. The summed E-state index contributed by atoms with van der Waals surface area (Å²) in [5.74, 6) is 0. The summed E-state index contributed by atoms with van der Waals surface area (Å²) in [5.41, 5.74) is 6.38. The molecule has 0 radical (unpaired) electrons. The van der Waals surface area contributed by atoms with Gasteiger partial charge >= 0.3 is 0 Å². The number of benzene rings is 2. The Morgan fingerprint density at radius 1 is 1.10 bits per heavy atom. The van der Waals surface area contributed by atoms with Gasteiger partial charge in [-0.1, -0.05) is 34.1 Å². The van der Waals surface area contributed by atoms with Gasteiger partial charge in [-0.3, -0.25) is 0 Å². The Balaban J connectivity index is 2.22. The molecule has 106 valence electrons. The lowest BCUT2D eigenvalue weighted by molar-refractivity contribution is 1.08. The van der Waals surface area contributed by atoms with Crippen molar-refractivity contribution in [1.29, 1.82) is 0 Å². The molecule has 0 aliphatic rings. The summed E-state index contributed by atoms with van der Waals surface area (Å²) in [6, 6.07) is 12.8. The summed E-state index contributed by atoms with van der Waals surface area (Å²) in [6.07, 6.45) is 0. The van der Waals surface area contributed by atoms with Crippen molar-refractivity contribution in [2.24, 2.45) is 0 Å².